The van der Waals surface area contributed by atoms with E-state index < -0.39 is 0 Å². The van der Waals surface area contributed by atoms with Crippen molar-refractivity contribution in [2.75, 3.05) is 32.0 Å². The molecule has 1 aromatic rings. The Kier molecular flexibility index (Phi) is 4.26. The molecule has 0 atom stereocenters. The van der Waals surface area contributed by atoms with Crippen molar-refractivity contribution in [2.24, 2.45) is 0 Å². The lowest BCUT2D eigenvalue weighted by Gasteiger charge is -2.26. The van der Waals surface area contributed by atoms with E-state index in [0.717, 1.165) is 24.6 Å². The number of nitrogens with zero attached hydrogens (tertiary/aromatic N) is 1. The number of hydrogen-bond acceptors (Lipinski definition) is 3. The first-order valence-corrected chi connectivity index (χ1v) is 6.47. The molecule has 0 aliphatic carbocycles. The molecular formula is C14H22N2O. The molecule has 0 aromatic heterocycles. The van der Waals surface area contributed by atoms with E-state index in [1.165, 1.54) is 37.9 Å². The summed E-state index contributed by atoms with van der Waals surface area (Å²) in [7, 11) is 0. The van der Waals surface area contributed by atoms with Gasteiger partial charge in [0.1, 0.15) is 12.4 Å². The zero-order chi connectivity index (χ0) is 12.1. The van der Waals surface area contributed by atoms with E-state index in [2.05, 4.69) is 4.90 Å². The molecule has 0 saturated carbocycles. The zero-order valence-corrected chi connectivity index (χ0v) is 10.6. The number of hydrogen-bond donors (Lipinski definition) is 1. The quantitative estimate of drug-likeness (QED) is 0.813. The second-order valence-electron chi connectivity index (χ2n) is 4.79. The fourth-order valence-corrected chi connectivity index (χ4v) is 2.27. The third-order valence-corrected chi connectivity index (χ3v) is 3.28. The number of aryl methyl sites for hydroxylation is 1. The molecule has 0 bridgehead atoms. The molecule has 0 spiro atoms. The maximum Gasteiger partial charge on any atom is 0.142 e. The smallest absolute Gasteiger partial charge is 0.142 e. The lowest BCUT2D eigenvalue weighted by molar-refractivity contribution is 0.184. The molecule has 1 fully saturated rings. The Balaban J connectivity index is 1.77. The van der Waals surface area contributed by atoms with E-state index in [1.54, 1.807) is 0 Å². The van der Waals surface area contributed by atoms with Gasteiger partial charge in [-0.25, -0.2) is 0 Å². The lowest BCUT2D eigenvalue weighted by atomic mass is 10.1. The average Bonchev–Trinajstić information content (AvgIpc) is 2.33. The van der Waals surface area contributed by atoms with Crippen LogP contribution in [-0.4, -0.2) is 31.1 Å². The van der Waals surface area contributed by atoms with Crippen LogP contribution in [0, 0.1) is 6.92 Å². The number of ether oxygens (including phenoxy) is 1. The van der Waals surface area contributed by atoms with Gasteiger partial charge in [0.05, 0.1) is 5.69 Å². The van der Waals surface area contributed by atoms with E-state index in [0.29, 0.717) is 0 Å². The second-order valence-corrected chi connectivity index (χ2v) is 4.79. The minimum absolute atomic E-state index is 0.729. The SMILES string of the molecule is Cc1ccc(OCCN2CCCCC2)c(N)c1. The summed E-state index contributed by atoms with van der Waals surface area (Å²) in [5.74, 6) is 0.813. The molecule has 0 amide bonds. The maximum absolute atomic E-state index is 5.90. The first-order valence-electron chi connectivity index (χ1n) is 6.47. The van der Waals surface area contributed by atoms with Gasteiger partial charge in [0.15, 0.2) is 0 Å². The molecule has 1 aromatic carbocycles. The summed E-state index contributed by atoms with van der Waals surface area (Å²) in [5.41, 5.74) is 7.81. The highest BCUT2D eigenvalue weighted by atomic mass is 16.5. The van der Waals surface area contributed by atoms with Crippen molar-refractivity contribution in [2.45, 2.75) is 26.2 Å². The van der Waals surface area contributed by atoms with Crippen molar-refractivity contribution in [3.05, 3.63) is 23.8 Å². The fraction of sp³-hybridized carbons (Fsp3) is 0.571. The maximum atomic E-state index is 5.90. The Morgan fingerprint density at radius 3 is 2.71 bits per heavy atom. The van der Waals surface area contributed by atoms with Gasteiger partial charge >= 0.3 is 0 Å². The summed E-state index contributed by atoms with van der Waals surface area (Å²) in [4.78, 5) is 2.47. The molecule has 2 rings (SSSR count). The van der Waals surface area contributed by atoms with Gasteiger partial charge in [-0.15, -0.1) is 0 Å². The minimum Gasteiger partial charge on any atom is -0.490 e. The van der Waals surface area contributed by atoms with Gasteiger partial charge in [0, 0.05) is 6.54 Å². The Morgan fingerprint density at radius 2 is 2.00 bits per heavy atom. The van der Waals surface area contributed by atoms with Crippen LogP contribution in [0.1, 0.15) is 24.8 Å². The predicted molar refractivity (Wildman–Crippen MR) is 71.4 cm³/mol. The molecule has 17 heavy (non-hydrogen) atoms. The van der Waals surface area contributed by atoms with Crippen LogP contribution in [0.4, 0.5) is 5.69 Å². The van der Waals surface area contributed by atoms with Crippen LogP contribution in [0.25, 0.3) is 0 Å². The van der Waals surface area contributed by atoms with Gasteiger partial charge in [0.25, 0.3) is 0 Å². The molecule has 1 aliphatic heterocycles. The number of likely N-dealkylation sites (tertiary alicyclic amines) is 1. The van der Waals surface area contributed by atoms with Crippen LogP contribution in [0.2, 0.25) is 0 Å². The molecule has 1 aliphatic rings. The number of anilines is 1. The van der Waals surface area contributed by atoms with E-state index >= 15 is 0 Å². The summed E-state index contributed by atoms with van der Waals surface area (Å²) < 4.78 is 5.73. The first kappa shape index (κ1) is 12.2. The van der Waals surface area contributed by atoms with Gasteiger partial charge < -0.3 is 10.5 Å². The highest BCUT2D eigenvalue weighted by Crippen LogP contribution is 2.22. The van der Waals surface area contributed by atoms with E-state index in [1.807, 2.05) is 25.1 Å². The summed E-state index contributed by atoms with van der Waals surface area (Å²) in [6, 6.07) is 5.95. The highest BCUT2D eigenvalue weighted by molar-refractivity contribution is 5.53. The standard InChI is InChI=1S/C14H22N2O/c1-12-5-6-14(13(15)11-12)17-10-9-16-7-3-2-4-8-16/h5-6,11H,2-4,7-10,15H2,1H3. The van der Waals surface area contributed by atoms with Gasteiger partial charge in [-0.05, 0) is 50.6 Å². The molecule has 94 valence electrons. The van der Waals surface area contributed by atoms with Crippen LogP contribution in [-0.2, 0) is 0 Å². The Labute approximate surface area is 104 Å². The number of piperidine rings is 1. The number of nitrogens with two attached hydrogens (primary N) is 1. The summed E-state index contributed by atoms with van der Waals surface area (Å²) in [5, 5.41) is 0. The number of rotatable bonds is 4. The van der Waals surface area contributed by atoms with Crippen LogP contribution in [0.3, 0.4) is 0 Å². The van der Waals surface area contributed by atoms with Crippen molar-refractivity contribution in [1.29, 1.82) is 0 Å². The van der Waals surface area contributed by atoms with E-state index in [9.17, 15) is 0 Å². The molecule has 0 radical (unpaired) electrons. The third kappa shape index (κ3) is 3.63. The van der Waals surface area contributed by atoms with Gasteiger partial charge in [-0.3, -0.25) is 4.90 Å². The second kappa shape index (κ2) is 5.92. The fourth-order valence-electron chi connectivity index (χ4n) is 2.27. The normalized spacial score (nSPS) is 17.0. The predicted octanol–water partition coefficient (Wildman–Crippen LogP) is 2.44. The van der Waals surface area contributed by atoms with Crippen molar-refractivity contribution in [3.8, 4) is 5.75 Å². The van der Waals surface area contributed by atoms with E-state index in [4.69, 9.17) is 10.5 Å². The summed E-state index contributed by atoms with van der Waals surface area (Å²) in [6.45, 7) is 6.20. The van der Waals surface area contributed by atoms with Gasteiger partial charge in [0.2, 0.25) is 0 Å². The van der Waals surface area contributed by atoms with Gasteiger partial charge in [-0.1, -0.05) is 12.5 Å². The Bertz CT molecular complexity index is 359. The molecular weight excluding hydrogens is 212 g/mol. The molecule has 1 heterocycles. The number of benzene rings is 1. The molecule has 1 saturated heterocycles. The minimum atomic E-state index is 0.729. The largest absolute Gasteiger partial charge is 0.490 e. The monoisotopic (exact) mass is 234 g/mol. The molecule has 2 N–H and O–H groups in total. The van der Waals surface area contributed by atoms with Crippen LogP contribution < -0.4 is 10.5 Å². The molecule has 3 heteroatoms. The van der Waals surface area contributed by atoms with Crippen LogP contribution in [0.15, 0.2) is 18.2 Å². The average molecular weight is 234 g/mol. The molecule has 0 unspecified atom stereocenters. The van der Waals surface area contributed by atoms with Crippen molar-refractivity contribution in [3.63, 3.8) is 0 Å². The van der Waals surface area contributed by atoms with Crippen molar-refractivity contribution >= 4 is 5.69 Å². The summed E-state index contributed by atoms with van der Waals surface area (Å²) in [6.07, 6.45) is 4.03. The topological polar surface area (TPSA) is 38.5 Å². The van der Waals surface area contributed by atoms with Crippen molar-refractivity contribution < 1.29 is 4.74 Å². The van der Waals surface area contributed by atoms with Gasteiger partial charge in [-0.2, -0.15) is 0 Å². The number of nitrogen functional groups attached to an aromatic ring is 1. The first-order chi connectivity index (χ1) is 8.25. The van der Waals surface area contributed by atoms with Crippen LogP contribution in [0.5, 0.6) is 5.75 Å². The Morgan fingerprint density at radius 1 is 1.24 bits per heavy atom. The van der Waals surface area contributed by atoms with Crippen molar-refractivity contribution in [1.82, 2.24) is 4.90 Å². The van der Waals surface area contributed by atoms with E-state index in [-0.39, 0.29) is 0 Å². The molecule has 3 nitrogen and oxygen atoms in total. The zero-order valence-electron chi connectivity index (χ0n) is 10.6. The highest BCUT2D eigenvalue weighted by Gasteiger charge is 2.09. The third-order valence-electron chi connectivity index (χ3n) is 3.28. The lowest BCUT2D eigenvalue weighted by Crippen LogP contribution is -2.33. The summed E-state index contributed by atoms with van der Waals surface area (Å²) >= 11 is 0. The Hall–Kier alpha value is -1.22. The van der Waals surface area contributed by atoms with Crippen LogP contribution >= 0.6 is 0 Å².